The standard InChI is InChI=1S/C42H50F3N9O6S/c1-23-17-28(18-24(2)52(23)22-35(56)48-32-8-6-7-29-36(50-51(5)37(29)32)30-13-14-34(55)49-38(30)57)60-16-15-59-27-11-9-25(10-12-27)54-40(61)53(39(58)41(54,3)4)26-19-31(42(43,44)45)33(20-46)47-21-26/h6-8,19,21,23-25,27-28,30H,9-18,22H2,1-5H3,(H,48,56)(H,49,55,57)/t23-,24+,25-,27-,28+,30?. The molecule has 4 aliphatic rings. The molecule has 0 spiro atoms. The number of para-hydroxylation sites is 1. The Hall–Kier alpha value is -5.03. The Morgan fingerprint density at radius 1 is 1.05 bits per heavy atom. The highest BCUT2D eigenvalue weighted by molar-refractivity contribution is 7.80. The molecule has 5 heterocycles. The summed E-state index contributed by atoms with van der Waals surface area (Å²) in [5, 5.41) is 20.1. The summed E-state index contributed by atoms with van der Waals surface area (Å²) < 4.78 is 55.3. The van der Waals surface area contributed by atoms with Crippen molar-refractivity contribution in [3.05, 3.63) is 47.4 Å². The molecule has 4 atom stereocenters. The average molecular weight is 866 g/mol. The smallest absolute Gasteiger partial charge is 0.376 e. The summed E-state index contributed by atoms with van der Waals surface area (Å²) in [6.45, 7) is 8.58. The lowest BCUT2D eigenvalue weighted by Crippen LogP contribution is -2.51. The number of amides is 4. The molecule has 4 amide bonds. The fourth-order valence-corrected chi connectivity index (χ4v) is 10.0. The number of hydrogen-bond donors (Lipinski definition) is 2. The van der Waals surface area contributed by atoms with Crippen LogP contribution in [0.3, 0.4) is 0 Å². The van der Waals surface area contributed by atoms with Crippen LogP contribution < -0.4 is 15.5 Å². The normalized spacial score (nSPS) is 26.1. The Labute approximate surface area is 356 Å². The Morgan fingerprint density at radius 2 is 1.72 bits per heavy atom. The number of rotatable bonds is 11. The highest BCUT2D eigenvalue weighted by atomic mass is 32.1. The van der Waals surface area contributed by atoms with Gasteiger partial charge in [0.15, 0.2) is 10.8 Å². The van der Waals surface area contributed by atoms with Gasteiger partial charge in [0, 0.05) is 37.0 Å². The van der Waals surface area contributed by atoms with Crippen molar-refractivity contribution in [1.29, 1.82) is 5.26 Å². The number of fused-ring (bicyclic) bond motifs is 1. The lowest BCUT2D eigenvalue weighted by molar-refractivity contribution is -0.138. The molecular formula is C42H50F3N9O6S. The Kier molecular flexibility index (Phi) is 12.6. The largest absolute Gasteiger partial charge is 0.419 e. The van der Waals surface area contributed by atoms with Gasteiger partial charge < -0.3 is 19.7 Å². The molecule has 1 aromatic carbocycles. The quantitative estimate of drug-likeness (QED) is 0.145. The fourth-order valence-electron chi connectivity index (χ4n) is 9.47. The van der Waals surface area contributed by atoms with Crippen LogP contribution in [0.5, 0.6) is 0 Å². The third kappa shape index (κ3) is 8.86. The van der Waals surface area contributed by atoms with Crippen molar-refractivity contribution < 1.29 is 41.8 Å². The number of benzene rings is 1. The molecule has 1 aliphatic carbocycles. The SMILES string of the molecule is C[C@@H]1C[C@H](OCCO[C@H]2CC[C@H](N3C(=S)N(c4cnc(C#N)c(C(F)(F)F)c4)C(=O)C3(C)C)CC2)C[C@H](C)N1CC(=O)Nc1cccc2c(C3CCC(=O)NC3=O)nn(C)c12. The Morgan fingerprint density at radius 3 is 2.36 bits per heavy atom. The van der Waals surface area contributed by atoms with Crippen molar-refractivity contribution >= 4 is 63.2 Å². The van der Waals surface area contributed by atoms with Crippen molar-refractivity contribution in [3.8, 4) is 6.07 Å². The first-order chi connectivity index (χ1) is 28.9. The van der Waals surface area contributed by atoms with E-state index in [9.17, 15) is 32.3 Å². The van der Waals surface area contributed by atoms with Crippen molar-refractivity contribution in [2.75, 3.05) is 30.0 Å². The van der Waals surface area contributed by atoms with Gasteiger partial charge in [0.2, 0.25) is 17.7 Å². The highest BCUT2D eigenvalue weighted by Crippen LogP contribution is 2.40. The molecule has 19 heteroatoms. The maximum absolute atomic E-state index is 13.7. The maximum Gasteiger partial charge on any atom is 0.419 e. The molecule has 7 rings (SSSR count). The number of nitrogens with zero attached hydrogens (tertiary/aromatic N) is 7. The van der Waals surface area contributed by atoms with Crippen LogP contribution in [0, 0.1) is 11.3 Å². The minimum absolute atomic E-state index is 0.00468. The number of alkyl halides is 3. The summed E-state index contributed by atoms with van der Waals surface area (Å²) >= 11 is 5.71. The van der Waals surface area contributed by atoms with Gasteiger partial charge in [-0.15, -0.1) is 0 Å². The number of thiocarbonyl (C=S) groups is 1. The fraction of sp³-hybridized carbons (Fsp3) is 0.571. The van der Waals surface area contributed by atoms with Crippen LogP contribution in [0.15, 0.2) is 30.5 Å². The van der Waals surface area contributed by atoms with Crippen molar-refractivity contribution in [2.45, 2.75) is 127 Å². The van der Waals surface area contributed by atoms with E-state index in [0.717, 1.165) is 35.4 Å². The van der Waals surface area contributed by atoms with E-state index in [1.54, 1.807) is 25.6 Å². The molecule has 1 saturated carbocycles. The Balaban J connectivity index is 0.861. The van der Waals surface area contributed by atoms with Gasteiger partial charge in [0.05, 0.1) is 72.2 Å². The predicted molar refractivity (Wildman–Crippen MR) is 221 cm³/mol. The lowest BCUT2D eigenvalue weighted by atomic mass is 9.89. The number of imide groups is 1. The van der Waals surface area contributed by atoms with Crippen LogP contribution in [0.1, 0.15) is 102 Å². The number of aromatic nitrogens is 3. The van der Waals surface area contributed by atoms with Crippen LogP contribution in [0.2, 0.25) is 0 Å². The Bertz CT molecular complexity index is 2260. The van der Waals surface area contributed by atoms with E-state index in [1.807, 2.05) is 23.1 Å². The number of nitrogens with one attached hydrogen (secondary N) is 2. The first-order valence-electron chi connectivity index (χ1n) is 20.6. The molecule has 0 radical (unpaired) electrons. The molecular weight excluding hydrogens is 816 g/mol. The van der Waals surface area contributed by atoms with Gasteiger partial charge >= 0.3 is 6.18 Å². The van der Waals surface area contributed by atoms with Gasteiger partial charge in [-0.3, -0.25) is 39.0 Å². The number of carbonyl (C=O) groups excluding carboxylic acids is 4. The summed E-state index contributed by atoms with van der Waals surface area (Å²) in [6, 6.07) is 7.74. The molecule has 2 aromatic heterocycles. The van der Waals surface area contributed by atoms with E-state index in [4.69, 9.17) is 27.0 Å². The van der Waals surface area contributed by atoms with E-state index in [2.05, 4.69) is 39.5 Å². The second-order valence-corrected chi connectivity index (χ2v) is 17.3. The molecule has 1 unspecified atom stereocenters. The predicted octanol–water partition coefficient (Wildman–Crippen LogP) is 5.32. The number of hydrogen-bond acceptors (Lipinski definition) is 11. The van der Waals surface area contributed by atoms with Gasteiger partial charge in [-0.05, 0) is 97.0 Å². The summed E-state index contributed by atoms with van der Waals surface area (Å²) in [5.74, 6) is -1.84. The monoisotopic (exact) mass is 865 g/mol. The zero-order chi connectivity index (χ0) is 44.0. The summed E-state index contributed by atoms with van der Waals surface area (Å²) in [5.41, 5.74) is -1.36. The van der Waals surface area contributed by atoms with Crippen LogP contribution >= 0.6 is 12.2 Å². The molecule has 15 nitrogen and oxygen atoms in total. The number of nitriles is 1. The summed E-state index contributed by atoms with van der Waals surface area (Å²) in [6.07, 6.45) is 1.05. The van der Waals surface area contributed by atoms with Crippen LogP contribution in [-0.4, -0.2) is 109 Å². The number of likely N-dealkylation sites (tertiary alicyclic amines) is 1. The van der Waals surface area contributed by atoms with Gasteiger partial charge in [-0.1, -0.05) is 12.1 Å². The molecule has 3 saturated heterocycles. The number of halogens is 3. The molecule has 61 heavy (non-hydrogen) atoms. The zero-order valence-electron chi connectivity index (χ0n) is 34.8. The zero-order valence-corrected chi connectivity index (χ0v) is 35.6. The third-order valence-corrected chi connectivity index (χ3v) is 12.9. The van der Waals surface area contributed by atoms with E-state index in [0.29, 0.717) is 62.2 Å². The van der Waals surface area contributed by atoms with Gasteiger partial charge in [0.1, 0.15) is 11.6 Å². The summed E-state index contributed by atoms with van der Waals surface area (Å²) in [7, 11) is 1.77. The summed E-state index contributed by atoms with van der Waals surface area (Å²) in [4.78, 5) is 60.1. The van der Waals surface area contributed by atoms with Crippen LogP contribution in [0.25, 0.3) is 10.9 Å². The van der Waals surface area contributed by atoms with E-state index in [-0.39, 0.29) is 71.8 Å². The first-order valence-corrected chi connectivity index (χ1v) is 21.0. The molecule has 4 fully saturated rings. The average Bonchev–Trinajstić information content (AvgIpc) is 3.62. The van der Waals surface area contributed by atoms with E-state index >= 15 is 0 Å². The third-order valence-electron chi connectivity index (χ3n) is 12.5. The van der Waals surface area contributed by atoms with E-state index < -0.39 is 34.8 Å². The molecule has 3 aromatic rings. The second-order valence-electron chi connectivity index (χ2n) is 16.9. The minimum Gasteiger partial charge on any atom is -0.376 e. The number of piperidine rings is 2. The molecule has 3 aliphatic heterocycles. The minimum atomic E-state index is -4.83. The van der Waals surface area contributed by atoms with Crippen molar-refractivity contribution in [3.63, 3.8) is 0 Å². The first kappa shape index (κ1) is 44.0. The number of carbonyl (C=O) groups is 4. The second kappa shape index (κ2) is 17.4. The number of aryl methyl sites for hydroxylation is 1. The highest BCUT2D eigenvalue weighted by Gasteiger charge is 2.53. The van der Waals surface area contributed by atoms with Crippen LogP contribution in [-0.2, 0) is 41.9 Å². The van der Waals surface area contributed by atoms with Gasteiger partial charge in [-0.25, -0.2) is 4.98 Å². The van der Waals surface area contributed by atoms with E-state index in [1.165, 1.54) is 6.07 Å². The van der Waals surface area contributed by atoms with Gasteiger partial charge in [-0.2, -0.15) is 23.5 Å². The number of ether oxygens (including phenoxy) is 2. The maximum atomic E-state index is 13.7. The van der Waals surface area contributed by atoms with Crippen molar-refractivity contribution in [1.82, 2.24) is 29.9 Å². The number of pyridine rings is 1. The lowest BCUT2D eigenvalue weighted by Gasteiger charge is -2.42. The van der Waals surface area contributed by atoms with Crippen molar-refractivity contribution in [2.24, 2.45) is 7.05 Å². The van der Waals surface area contributed by atoms with Gasteiger partial charge in [0.25, 0.3) is 5.91 Å². The molecule has 0 bridgehead atoms. The van der Waals surface area contributed by atoms with Crippen LogP contribution in [0.4, 0.5) is 24.5 Å². The molecule has 2 N–H and O–H groups in total. The molecule has 326 valence electrons. The topological polar surface area (TPSA) is 175 Å². The number of anilines is 2.